The molecule has 0 aliphatic heterocycles. The van der Waals surface area contributed by atoms with Crippen LogP contribution in [0.5, 0.6) is 0 Å². The van der Waals surface area contributed by atoms with Crippen molar-refractivity contribution in [2.75, 3.05) is 0 Å². The van der Waals surface area contributed by atoms with Crippen LogP contribution in [0.25, 0.3) is 27.8 Å². The standard InChI is InChI=1S/C21H16N4O/c1-13-7-6-8-15(11-13)19-17(12-22)21(26)23-20-18(19)14(2)24-25(20)16-9-4-3-5-10-16/h3-11H,1-2H3,(H,23,26). The molecule has 1 N–H and O–H groups in total. The van der Waals surface area contributed by atoms with Crippen molar-refractivity contribution < 1.29 is 0 Å². The molecule has 2 aromatic carbocycles. The van der Waals surface area contributed by atoms with Crippen molar-refractivity contribution in [2.24, 2.45) is 0 Å². The summed E-state index contributed by atoms with van der Waals surface area (Å²) in [6.07, 6.45) is 0. The van der Waals surface area contributed by atoms with Crippen LogP contribution >= 0.6 is 0 Å². The van der Waals surface area contributed by atoms with Crippen molar-refractivity contribution in [3.05, 3.63) is 81.8 Å². The highest BCUT2D eigenvalue weighted by molar-refractivity contribution is 5.98. The van der Waals surface area contributed by atoms with Crippen LogP contribution in [0.2, 0.25) is 0 Å². The maximum absolute atomic E-state index is 12.6. The average molecular weight is 340 g/mol. The van der Waals surface area contributed by atoms with Gasteiger partial charge in [0, 0.05) is 10.9 Å². The van der Waals surface area contributed by atoms with Crippen molar-refractivity contribution in [1.82, 2.24) is 14.8 Å². The SMILES string of the molecule is Cc1cccc(-c2c(C#N)c(=O)[nH]c3c2c(C)nn3-c2ccccc2)c1. The van der Waals surface area contributed by atoms with Gasteiger partial charge >= 0.3 is 0 Å². The Balaban J connectivity index is 2.16. The van der Waals surface area contributed by atoms with Gasteiger partial charge < -0.3 is 4.98 Å². The zero-order chi connectivity index (χ0) is 18.3. The third-order valence-corrected chi connectivity index (χ3v) is 4.44. The summed E-state index contributed by atoms with van der Waals surface area (Å²) in [5.74, 6) is 0. The lowest BCUT2D eigenvalue weighted by molar-refractivity contribution is 0.875. The lowest BCUT2D eigenvalue weighted by Crippen LogP contribution is -2.13. The van der Waals surface area contributed by atoms with Gasteiger partial charge in [-0.15, -0.1) is 0 Å². The van der Waals surface area contributed by atoms with Gasteiger partial charge in [-0.25, -0.2) is 4.68 Å². The van der Waals surface area contributed by atoms with Gasteiger partial charge in [-0.2, -0.15) is 10.4 Å². The molecule has 5 nitrogen and oxygen atoms in total. The number of nitriles is 1. The van der Waals surface area contributed by atoms with Crippen LogP contribution in [0.3, 0.4) is 0 Å². The van der Waals surface area contributed by atoms with Crippen molar-refractivity contribution >= 4 is 11.0 Å². The van der Waals surface area contributed by atoms with Gasteiger partial charge in [0.1, 0.15) is 17.3 Å². The number of hydrogen-bond acceptors (Lipinski definition) is 3. The first-order valence-electron chi connectivity index (χ1n) is 8.28. The van der Waals surface area contributed by atoms with Crippen molar-refractivity contribution in [3.8, 4) is 22.9 Å². The number of rotatable bonds is 2. The summed E-state index contributed by atoms with van der Waals surface area (Å²) in [7, 11) is 0. The van der Waals surface area contributed by atoms with Gasteiger partial charge in [-0.05, 0) is 31.5 Å². The van der Waals surface area contributed by atoms with Gasteiger partial charge in [0.2, 0.25) is 0 Å². The van der Waals surface area contributed by atoms with Gasteiger partial charge in [0.05, 0.1) is 11.4 Å². The number of aryl methyl sites for hydroxylation is 2. The molecular formula is C21H16N4O. The molecule has 0 amide bonds. The first-order valence-corrected chi connectivity index (χ1v) is 8.28. The lowest BCUT2D eigenvalue weighted by atomic mass is 9.96. The fourth-order valence-electron chi connectivity index (χ4n) is 3.30. The molecule has 2 aromatic heterocycles. The van der Waals surface area contributed by atoms with Gasteiger partial charge in [-0.1, -0.05) is 48.0 Å². The molecule has 4 rings (SSSR count). The highest BCUT2D eigenvalue weighted by atomic mass is 16.1. The molecule has 0 spiro atoms. The monoisotopic (exact) mass is 340 g/mol. The molecule has 4 aromatic rings. The van der Waals surface area contributed by atoms with E-state index in [4.69, 9.17) is 0 Å². The molecule has 26 heavy (non-hydrogen) atoms. The molecule has 0 aliphatic carbocycles. The van der Waals surface area contributed by atoms with E-state index in [9.17, 15) is 10.1 Å². The number of aromatic nitrogens is 3. The quantitative estimate of drug-likeness (QED) is 0.602. The number of H-pyrrole nitrogens is 1. The number of benzene rings is 2. The fourth-order valence-corrected chi connectivity index (χ4v) is 3.30. The van der Waals surface area contributed by atoms with E-state index in [0.29, 0.717) is 11.2 Å². The number of nitrogens with one attached hydrogen (secondary N) is 1. The zero-order valence-corrected chi connectivity index (χ0v) is 14.4. The highest BCUT2D eigenvalue weighted by Gasteiger charge is 2.20. The van der Waals surface area contributed by atoms with Crippen LogP contribution in [-0.2, 0) is 0 Å². The molecule has 0 radical (unpaired) electrons. The van der Waals surface area contributed by atoms with E-state index in [1.54, 1.807) is 4.68 Å². The van der Waals surface area contributed by atoms with Crippen LogP contribution < -0.4 is 5.56 Å². The summed E-state index contributed by atoms with van der Waals surface area (Å²) < 4.78 is 1.71. The Morgan fingerprint density at radius 3 is 2.54 bits per heavy atom. The lowest BCUT2D eigenvalue weighted by Gasteiger charge is -2.08. The van der Waals surface area contributed by atoms with E-state index >= 15 is 0 Å². The molecule has 0 saturated heterocycles. The minimum Gasteiger partial charge on any atom is -0.305 e. The maximum atomic E-state index is 12.6. The average Bonchev–Trinajstić information content (AvgIpc) is 2.97. The third kappa shape index (κ3) is 2.40. The number of pyridine rings is 1. The Labute approximate surface area is 150 Å². The van der Waals surface area contributed by atoms with E-state index in [2.05, 4.69) is 16.2 Å². The molecular weight excluding hydrogens is 324 g/mol. The van der Waals surface area contributed by atoms with Crippen LogP contribution in [0, 0.1) is 25.2 Å². The predicted molar refractivity (Wildman–Crippen MR) is 101 cm³/mol. The van der Waals surface area contributed by atoms with E-state index in [0.717, 1.165) is 27.9 Å². The molecule has 0 aliphatic rings. The van der Waals surface area contributed by atoms with Crippen LogP contribution in [-0.4, -0.2) is 14.8 Å². The second-order valence-electron chi connectivity index (χ2n) is 6.24. The molecule has 0 atom stereocenters. The zero-order valence-electron chi connectivity index (χ0n) is 14.4. The van der Waals surface area contributed by atoms with E-state index < -0.39 is 5.56 Å². The number of para-hydroxylation sites is 1. The minimum absolute atomic E-state index is 0.110. The topological polar surface area (TPSA) is 74.5 Å². The summed E-state index contributed by atoms with van der Waals surface area (Å²) in [6.45, 7) is 3.88. The molecule has 5 heteroatoms. The molecule has 0 unspecified atom stereocenters. The van der Waals surface area contributed by atoms with Crippen LogP contribution in [0.15, 0.2) is 59.4 Å². The summed E-state index contributed by atoms with van der Waals surface area (Å²) in [6, 6.07) is 19.5. The molecule has 0 saturated carbocycles. The summed E-state index contributed by atoms with van der Waals surface area (Å²) in [5.41, 5.74) is 4.44. The summed E-state index contributed by atoms with van der Waals surface area (Å²) in [5, 5.41) is 15.0. The Morgan fingerprint density at radius 2 is 1.85 bits per heavy atom. The Hall–Kier alpha value is -3.65. The highest BCUT2D eigenvalue weighted by Crippen LogP contribution is 2.32. The number of aromatic amines is 1. The van der Waals surface area contributed by atoms with Crippen molar-refractivity contribution in [1.29, 1.82) is 5.26 Å². The van der Waals surface area contributed by atoms with Crippen LogP contribution in [0.1, 0.15) is 16.8 Å². The molecule has 126 valence electrons. The van der Waals surface area contributed by atoms with E-state index in [-0.39, 0.29) is 5.56 Å². The number of nitrogens with zero attached hydrogens (tertiary/aromatic N) is 3. The van der Waals surface area contributed by atoms with Crippen molar-refractivity contribution in [2.45, 2.75) is 13.8 Å². The first-order chi connectivity index (χ1) is 12.6. The van der Waals surface area contributed by atoms with Gasteiger partial charge in [-0.3, -0.25) is 4.79 Å². The molecule has 2 heterocycles. The Morgan fingerprint density at radius 1 is 1.08 bits per heavy atom. The fraction of sp³-hybridized carbons (Fsp3) is 0.0952. The number of hydrogen-bond donors (Lipinski definition) is 1. The normalized spacial score (nSPS) is 10.8. The Bertz CT molecular complexity index is 1230. The first kappa shape index (κ1) is 15.9. The Kier molecular flexibility index (Phi) is 3.67. The molecule has 0 bridgehead atoms. The van der Waals surface area contributed by atoms with Gasteiger partial charge in [0.15, 0.2) is 0 Å². The maximum Gasteiger partial charge on any atom is 0.268 e. The second-order valence-corrected chi connectivity index (χ2v) is 6.24. The second kappa shape index (κ2) is 6.01. The summed E-state index contributed by atoms with van der Waals surface area (Å²) in [4.78, 5) is 15.5. The molecule has 0 fully saturated rings. The largest absolute Gasteiger partial charge is 0.305 e. The van der Waals surface area contributed by atoms with E-state index in [1.807, 2.05) is 68.4 Å². The van der Waals surface area contributed by atoms with E-state index in [1.165, 1.54) is 0 Å². The third-order valence-electron chi connectivity index (χ3n) is 4.44. The smallest absolute Gasteiger partial charge is 0.268 e. The minimum atomic E-state index is -0.409. The number of fused-ring (bicyclic) bond motifs is 1. The van der Waals surface area contributed by atoms with Crippen LogP contribution in [0.4, 0.5) is 0 Å². The van der Waals surface area contributed by atoms with Gasteiger partial charge in [0.25, 0.3) is 5.56 Å². The summed E-state index contributed by atoms with van der Waals surface area (Å²) >= 11 is 0. The van der Waals surface area contributed by atoms with Crippen molar-refractivity contribution in [3.63, 3.8) is 0 Å². The predicted octanol–water partition coefficient (Wildman–Crippen LogP) is 3.87.